The van der Waals surface area contributed by atoms with Crippen LogP contribution in [0.25, 0.3) is 0 Å². The van der Waals surface area contributed by atoms with Gasteiger partial charge in [0.25, 0.3) is 0 Å². The number of halogens is 1. The van der Waals surface area contributed by atoms with Gasteiger partial charge in [-0.15, -0.1) is 0 Å². The molecule has 0 heterocycles. The largest absolute Gasteiger partial charge is 0.294 e. The molecule has 1 aliphatic carbocycles. The topological polar surface area (TPSA) is 17.1 Å². The average molecular weight is 192 g/mol. The number of hydrogen-bond acceptors (Lipinski definition) is 1. The number of carbonyl (C=O) groups is 1. The molecule has 2 atom stereocenters. The molecule has 1 saturated carbocycles. The number of ketones is 1. The predicted octanol–water partition coefficient (Wildman–Crippen LogP) is 2.97. The van der Waals surface area contributed by atoms with Crippen LogP contribution in [0.3, 0.4) is 0 Å². The van der Waals surface area contributed by atoms with Gasteiger partial charge < -0.3 is 0 Å². The highest BCUT2D eigenvalue weighted by molar-refractivity contribution is 5.99. The Hall–Kier alpha value is -1.18. The van der Waals surface area contributed by atoms with E-state index >= 15 is 0 Å². The minimum absolute atomic E-state index is 0.167. The summed E-state index contributed by atoms with van der Waals surface area (Å²) in [5, 5.41) is 0. The van der Waals surface area contributed by atoms with Crippen LogP contribution in [-0.4, -0.2) is 5.78 Å². The molecule has 2 rings (SSSR count). The number of hydrogen-bond donors (Lipinski definition) is 0. The molecule has 1 nitrogen and oxygen atoms in total. The third kappa shape index (κ3) is 1.57. The molecule has 0 bridgehead atoms. The van der Waals surface area contributed by atoms with Crippen LogP contribution in [0.5, 0.6) is 0 Å². The van der Waals surface area contributed by atoms with E-state index in [1.54, 1.807) is 19.1 Å². The van der Waals surface area contributed by atoms with Gasteiger partial charge in [-0.05, 0) is 43.0 Å². The van der Waals surface area contributed by atoms with E-state index in [-0.39, 0.29) is 17.5 Å². The molecule has 2 unspecified atom stereocenters. The Labute approximate surface area is 82.9 Å². The third-order valence-electron chi connectivity index (χ3n) is 2.89. The Kier molecular flexibility index (Phi) is 2.14. The van der Waals surface area contributed by atoms with Gasteiger partial charge in [-0.2, -0.15) is 0 Å². The van der Waals surface area contributed by atoms with E-state index in [0.29, 0.717) is 17.0 Å². The Morgan fingerprint density at radius 2 is 2.14 bits per heavy atom. The number of carbonyl (C=O) groups excluding carboxylic acids is 1. The maximum absolute atomic E-state index is 12.9. The normalized spacial score (nSPS) is 24.8. The van der Waals surface area contributed by atoms with Crippen LogP contribution in [0.4, 0.5) is 4.39 Å². The molecule has 0 spiro atoms. The molecule has 0 radical (unpaired) electrons. The fourth-order valence-corrected chi connectivity index (χ4v) is 1.70. The van der Waals surface area contributed by atoms with Crippen molar-refractivity contribution in [3.8, 4) is 0 Å². The molecule has 0 saturated heterocycles. The van der Waals surface area contributed by atoms with Crippen LogP contribution in [-0.2, 0) is 0 Å². The molecule has 74 valence electrons. The summed E-state index contributed by atoms with van der Waals surface area (Å²) in [4.78, 5) is 11.8. The standard InChI is InChI=1S/C12H13FO/c1-7-6-10(7)12(14)9-3-4-11(13)8(2)5-9/h3-5,7,10H,6H2,1-2H3. The molecule has 0 aromatic heterocycles. The quantitative estimate of drug-likeness (QED) is 0.658. The van der Waals surface area contributed by atoms with Crippen molar-refractivity contribution >= 4 is 5.78 Å². The second-order valence-corrected chi connectivity index (χ2v) is 4.15. The summed E-state index contributed by atoms with van der Waals surface area (Å²) in [6.45, 7) is 3.75. The number of benzene rings is 1. The Balaban J connectivity index is 2.24. The molecule has 14 heavy (non-hydrogen) atoms. The first-order valence-corrected chi connectivity index (χ1v) is 4.90. The molecule has 0 amide bonds. The molecule has 1 aliphatic rings. The Bertz CT molecular complexity index is 384. The first kappa shape index (κ1) is 9.38. The first-order chi connectivity index (χ1) is 6.59. The van der Waals surface area contributed by atoms with E-state index in [4.69, 9.17) is 0 Å². The van der Waals surface area contributed by atoms with Crippen LogP contribution in [0.15, 0.2) is 18.2 Å². The van der Waals surface area contributed by atoms with Gasteiger partial charge in [-0.25, -0.2) is 4.39 Å². The van der Waals surface area contributed by atoms with E-state index in [2.05, 4.69) is 6.92 Å². The van der Waals surface area contributed by atoms with Crippen LogP contribution in [0.1, 0.15) is 29.3 Å². The maximum Gasteiger partial charge on any atom is 0.166 e. The lowest BCUT2D eigenvalue weighted by molar-refractivity contribution is 0.0962. The van der Waals surface area contributed by atoms with Crippen molar-refractivity contribution in [3.63, 3.8) is 0 Å². The Morgan fingerprint density at radius 1 is 1.50 bits per heavy atom. The summed E-state index contributed by atoms with van der Waals surface area (Å²) < 4.78 is 12.9. The fourth-order valence-electron chi connectivity index (χ4n) is 1.70. The molecule has 0 aliphatic heterocycles. The van der Waals surface area contributed by atoms with Crippen molar-refractivity contribution in [2.45, 2.75) is 20.3 Å². The average Bonchev–Trinajstić information content (AvgIpc) is 2.86. The van der Waals surface area contributed by atoms with E-state index < -0.39 is 0 Å². The van der Waals surface area contributed by atoms with Crippen molar-refractivity contribution in [3.05, 3.63) is 35.1 Å². The van der Waals surface area contributed by atoms with E-state index in [1.165, 1.54) is 6.07 Å². The lowest BCUT2D eigenvalue weighted by atomic mass is 10.0. The highest BCUT2D eigenvalue weighted by Crippen LogP contribution is 2.40. The van der Waals surface area contributed by atoms with Crippen LogP contribution in [0, 0.1) is 24.6 Å². The minimum atomic E-state index is -0.245. The molecular formula is C12H13FO. The van der Waals surface area contributed by atoms with Crippen molar-refractivity contribution in [2.24, 2.45) is 11.8 Å². The number of Topliss-reactive ketones (excluding diaryl/α,β-unsaturated/α-hetero) is 1. The van der Waals surface area contributed by atoms with Crippen LogP contribution in [0.2, 0.25) is 0 Å². The summed E-state index contributed by atoms with van der Waals surface area (Å²) in [6.07, 6.45) is 0.981. The minimum Gasteiger partial charge on any atom is -0.294 e. The van der Waals surface area contributed by atoms with E-state index in [9.17, 15) is 9.18 Å². The fraction of sp³-hybridized carbons (Fsp3) is 0.417. The van der Waals surface area contributed by atoms with Crippen molar-refractivity contribution in [1.29, 1.82) is 0 Å². The maximum atomic E-state index is 12.9. The van der Waals surface area contributed by atoms with Gasteiger partial charge in [0.15, 0.2) is 5.78 Å². The molecular weight excluding hydrogens is 179 g/mol. The molecule has 0 N–H and O–H groups in total. The zero-order valence-electron chi connectivity index (χ0n) is 8.38. The summed E-state index contributed by atoms with van der Waals surface area (Å²) in [6, 6.07) is 4.59. The zero-order valence-corrected chi connectivity index (χ0v) is 8.38. The Morgan fingerprint density at radius 3 is 2.64 bits per heavy atom. The summed E-state index contributed by atoms with van der Waals surface area (Å²) >= 11 is 0. The van der Waals surface area contributed by atoms with E-state index in [1.807, 2.05) is 0 Å². The third-order valence-corrected chi connectivity index (χ3v) is 2.89. The van der Waals surface area contributed by atoms with Gasteiger partial charge in [0.2, 0.25) is 0 Å². The van der Waals surface area contributed by atoms with Gasteiger partial charge in [0.05, 0.1) is 0 Å². The number of rotatable bonds is 2. The van der Waals surface area contributed by atoms with Gasteiger partial charge in [-0.3, -0.25) is 4.79 Å². The number of aryl methyl sites for hydroxylation is 1. The highest BCUT2D eigenvalue weighted by atomic mass is 19.1. The van der Waals surface area contributed by atoms with E-state index in [0.717, 1.165) is 6.42 Å². The first-order valence-electron chi connectivity index (χ1n) is 4.90. The smallest absolute Gasteiger partial charge is 0.166 e. The second-order valence-electron chi connectivity index (χ2n) is 4.15. The molecule has 1 aromatic carbocycles. The molecule has 1 fully saturated rings. The van der Waals surface area contributed by atoms with Crippen LogP contribution >= 0.6 is 0 Å². The van der Waals surface area contributed by atoms with Gasteiger partial charge >= 0.3 is 0 Å². The molecule has 2 heteroatoms. The van der Waals surface area contributed by atoms with Gasteiger partial charge in [-0.1, -0.05) is 6.92 Å². The lowest BCUT2D eigenvalue weighted by Gasteiger charge is -2.01. The van der Waals surface area contributed by atoms with Crippen molar-refractivity contribution < 1.29 is 9.18 Å². The van der Waals surface area contributed by atoms with Crippen molar-refractivity contribution in [2.75, 3.05) is 0 Å². The predicted molar refractivity (Wildman–Crippen MR) is 52.7 cm³/mol. The second kappa shape index (κ2) is 3.19. The summed E-state index contributed by atoms with van der Waals surface area (Å²) in [5.41, 5.74) is 1.20. The van der Waals surface area contributed by atoms with Gasteiger partial charge in [0.1, 0.15) is 5.82 Å². The monoisotopic (exact) mass is 192 g/mol. The SMILES string of the molecule is Cc1cc(C(=O)C2CC2C)ccc1F. The summed E-state index contributed by atoms with van der Waals surface area (Å²) in [5.74, 6) is 0.610. The molecule has 1 aromatic rings. The summed E-state index contributed by atoms with van der Waals surface area (Å²) in [7, 11) is 0. The highest BCUT2D eigenvalue weighted by Gasteiger charge is 2.39. The van der Waals surface area contributed by atoms with Crippen molar-refractivity contribution in [1.82, 2.24) is 0 Å². The van der Waals surface area contributed by atoms with Crippen LogP contribution < -0.4 is 0 Å². The zero-order chi connectivity index (χ0) is 10.3. The lowest BCUT2D eigenvalue weighted by Crippen LogP contribution is -2.03. The van der Waals surface area contributed by atoms with Gasteiger partial charge in [0, 0.05) is 11.5 Å².